The van der Waals surface area contributed by atoms with Crippen LogP contribution in [-0.4, -0.2) is 36.8 Å². The van der Waals surface area contributed by atoms with Crippen LogP contribution < -0.4 is 4.74 Å². The maximum absolute atomic E-state index is 11.7. The molecule has 34 heavy (non-hydrogen) atoms. The predicted molar refractivity (Wildman–Crippen MR) is 131 cm³/mol. The average molecular weight is 461 g/mol. The van der Waals surface area contributed by atoms with Crippen molar-refractivity contribution in [3.63, 3.8) is 0 Å². The van der Waals surface area contributed by atoms with Crippen molar-refractivity contribution >= 4 is 0 Å². The lowest BCUT2D eigenvalue weighted by Crippen LogP contribution is -2.55. The van der Waals surface area contributed by atoms with Crippen molar-refractivity contribution in [1.29, 1.82) is 0 Å². The van der Waals surface area contributed by atoms with E-state index in [2.05, 4.69) is 55.2 Å². The average Bonchev–Trinajstić information content (AvgIpc) is 3.40. The van der Waals surface area contributed by atoms with E-state index in [0.29, 0.717) is 42.8 Å². The van der Waals surface area contributed by atoms with Crippen LogP contribution in [0.5, 0.6) is 5.75 Å². The molecule has 7 atom stereocenters. The van der Waals surface area contributed by atoms with Gasteiger partial charge in [0.05, 0.1) is 20.3 Å². The van der Waals surface area contributed by atoms with Crippen molar-refractivity contribution in [2.75, 3.05) is 20.3 Å². The molecule has 6 rings (SSSR count). The van der Waals surface area contributed by atoms with Gasteiger partial charge in [-0.3, -0.25) is 0 Å². The van der Waals surface area contributed by atoms with Crippen molar-refractivity contribution in [3.05, 3.63) is 53.6 Å². The molecule has 1 saturated heterocycles. The van der Waals surface area contributed by atoms with E-state index >= 15 is 0 Å². The van der Waals surface area contributed by atoms with E-state index in [1.54, 1.807) is 7.11 Å². The minimum Gasteiger partial charge on any atom is -0.497 e. The van der Waals surface area contributed by atoms with E-state index in [4.69, 9.17) is 14.2 Å². The largest absolute Gasteiger partial charge is 0.497 e. The minimum absolute atomic E-state index is 0.305. The van der Waals surface area contributed by atoms with Crippen LogP contribution in [0.3, 0.4) is 0 Å². The summed E-state index contributed by atoms with van der Waals surface area (Å²) >= 11 is 0. The molecule has 1 N–H and O–H groups in total. The summed E-state index contributed by atoms with van der Waals surface area (Å²) in [6.07, 6.45) is 11.7. The number of ether oxygens (including phenoxy) is 3. The Bertz CT molecular complexity index is 1070. The minimum atomic E-state index is -1.08. The van der Waals surface area contributed by atoms with Gasteiger partial charge in [0.15, 0.2) is 5.79 Å². The molecule has 0 amide bonds. The summed E-state index contributed by atoms with van der Waals surface area (Å²) in [5.74, 6) is 8.94. The lowest BCUT2D eigenvalue weighted by atomic mass is 9.47. The fraction of sp³-hybridized carbons (Fsp3) is 0.600. The Labute approximate surface area is 203 Å². The molecule has 3 fully saturated rings. The monoisotopic (exact) mass is 460 g/mol. The first kappa shape index (κ1) is 22.4. The molecule has 4 nitrogen and oxygen atoms in total. The number of allylic oxidation sites excluding steroid dienone is 2. The summed E-state index contributed by atoms with van der Waals surface area (Å²) in [6, 6.07) is 8.64. The number of methoxy groups -OCH3 is 1. The summed E-state index contributed by atoms with van der Waals surface area (Å²) in [5, 5.41) is 11.7. The fourth-order valence-electron chi connectivity index (χ4n) is 8.17. The third-order valence-corrected chi connectivity index (χ3v) is 9.79. The molecule has 4 aliphatic carbocycles. The van der Waals surface area contributed by atoms with Gasteiger partial charge in [0, 0.05) is 18.3 Å². The van der Waals surface area contributed by atoms with Crippen LogP contribution in [0.25, 0.3) is 0 Å². The highest BCUT2D eigenvalue weighted by Gasteiger charge is 2.63. The normalized spacial score (nSPS) is 41.6. The first-order valence-electron chi connectivity index (χ1n) is 12.9. The van der Waals surface area contributed by atoms with E-state index in [1.807, 2.05) is 13.0 Å². The Kier molecular flexibility index (Phi) is 5.26. The van der Waals surface area contributed by atoms with E-state index in [9.17, 15) is 5.11 Å². The zero-order valence-corrected chi connectivity index (χ0v) is 20.5. The highest BCUT2D eigenvalue weighted by molar-refractivity contribution is 5.40. The molecule has 0 aromatic heterocycles. The standard InChI is InChI=1S/C30H36O4/c1-4-13-29(31)14-12-26-24-10-7-21-18-30(33-16-17-34-30)15-11-23(21)27(24)25(19-28(26,29)2)20-5-8-22(32-3)9-6-20/h5-9,12,14,23-27,31H,10-11,15-19H2,1-3H3/t23-,24-,25+,26-,27+,28-,29-/m0/s1. The van der Waals surface area contributed by atoms with E-state index in [-0.39, 0.29) is 5.41 Å². The van der Waals surface area contributed by atoms with Crippen LogP contribution >= 0.6 is 0 Å². The summed E-state index contributed by atoms with van der Waals surface area (Å²) in [4.78, 5) is 0. The van der Waals surface area contributed by atoms with Crippen LogP contribution in [-0.2, 0) is 9.47 Å². The zero-order valence-electron chi connectivity index (χ0n) is 20.5. The summed E-state index contributed by atoms with van der Waals surface area (Å²) < 4.78 is 17.7. The van der Waals surface area contributed by atoms with Gasteiger partial charge in [-0.2, -0.15) is 0 Å². The number of rotatable bonds is 2. The molecule has 1 aromatic rings. The van der Waals surface area contributed by atoms with Gasteiger partial charge in [-0.25, -0.2) is 0 Å². The number of aliphatic hydroxyl groups is 1. The third-order valence-electron chi connectivity index (χ3n) is 9.79. The van der Waals surface area contributed by atoms with Gasteiger partial charge in [0.25, 0.3) is 0 Å². The molecule has 180 valence electrons. The van der Waals surface area contributed by atoms with Gasteiger partial charge >= 0.3 is 0 Å². The van der Waals surface area contributed by atoms with Crippen molar-refractivity contribution in [2.24, 2.45) is 29.1 Å². The van der Waals surface area contributed by atoms with E-state index in [0.717, 1.165) is 37.9 Å². The Morgan fingerprint density at radius 3 is 2.59 bits per heavy atom. The molecular weight excluding hydrogens is 424 g/mol. The van der Waals surface area contributed by atoms with Crippen molar-refractivity contribution < 1.29 is 19.3 Å². The van der Waals surface area contributed by atoms with Gasteiger partial charge < -0.3 is 19.3 Å². The predicted octanol–water partition coefficient (Wildman–Crippen LogP) is 5.23. The molecular formula is C30H36O4. The van der Waals surface area contributed by atoms with Gasteiger partial charge in [0.2, 0.25) is 0 Å². The van der Waals surface area contributed by atoms with Gasteiger partial charge in [0.1, 0.15) is 11.4 Å². The van der Waals surface area contributed by atoms with Crippen LogP contribution in [0, 0.1) is 40.9 Å². The molecule has 1 aliphatic heterocycles. The van der Waals surface area contributed by atoms with Crippen molar-refractivity contribution in [1.82, 2.24) is 0 Å². The first-order chi connectivity index (χ1) is 16.4. The lowest BCUT2D eigenvalue weighted by Gasteiger charge is -2.58. The highest BCUT2D eigenvalue weighted by atomic mass is 16.7. The Morgan fingerprint density at radius 2 is 1.88 bits per heavy atom. The number of hydrogen-bond donors (Lipinski definition) is 1. The smallest absolute Gasteiger partial charge is 0.172 e. The molecule has 0 radical (unpaired) electrons. The lowest BCUT2D eigenvalue weighted by molar-refractivity contribution is -0.177. The van der Waals surface area contributed by atoms with Crippen LogP contribution in [0.1, 0.15) is 57.4 Å². The van der Waals surface area contributed by atoms with Gasteiger partial charge in [-0.15, -0.1) is 5.92 Å². The highest BCUT2D eigenvalue weighted by Crippen LogP contribution is 2.66. The van der Waals surface area contributed by atoms with Crippen molar-refractivity contribution in [3.8, 4) is 17.6 Å². The molecule has 4 heteroatoms. The van der Waals surface area contributed by atoms with Gasteiger partial charge in [-0.1, -0.05) is 42.7 Å². The molecule has 5 aliphatic rings. The summed E-state index contributed by atoms with van der Waals surface area (Å²) in [7, 11) is 1.72. The van der Waals surface area contributed by atoms with Crippen LogP contribution in [0.4, 0.5) is 0 Å². The quantitative estimate of drug-likeness (QED) is 0.485. The summed E-state index contributed by atoms with van der Waals surface area (Å²) in [5.41, 5.74) is 1.50. The summed E-state index contributed by atoms with van der Waals surface area (Å²) in [6.45, 7) is 5.52. The zero-order chi connectivity index (χ0) is 23.6. The topological polar surface area (TPSA) is 47.9 Å². The van der Waals surface area contributed by atoms with Crippen LogP contribution in [0.15, 0.2) is 48.1 Å². The molecule has 0 bridgehead atoms. The molecule has 0 unspecified atom stereocenters. The third kappa shape index (κ3) is 3.17. The molecule has 1 aromatic carbocycles. The second kappa shape index (κ2) is 7.98. The number of hydrogen-bond acceptors (Lipinski definition) is 4. The Hall–Kier alpha value is -2.06. The first-order valence-corrected chi connectivity index (χ1v) is 12.9. The number of fused-ring (bicyclic) bond motifs is 5. The number of benzene rings is 1. The maximum atomic E-state index is 11.7. The van der Waals surface area contributed by atoms with E-state index < -0.39 is 11.4 Å². The second-order valence-corrected chi connectivity index (χ2v) is 11.2. The Morgan fingerprint density at radius 1 is 1.12 bits per heavy atom. The molecule has 2 saturated carbocycles. The van der Waals surface area contributed by atoms with Crippen LogP contribution in [0.2, 0.25) is 0 Å². The van der Waals surface area contributed by atoms with E-state index in [1.165, 1.54) is 11.1 Å². The fourth-order valence-corrected chi connectivity index (χ4v) is 8.17. The maximum Gasteiger partial charge on any atom is 0.172 e. The second-order valence-electron chi connectivity index (χ2n) is 11.2. The molecule has 1 spiro atoms. The SMILES string of the molecule is CC#C[C@]1(O)C=C[C@H]2[C@@H]3CC=C4CC5(CC[C@@H]4[C@H]3[C@@H](c3ccc(OC)cc3)C[C@@]21C)OCCO5. The van der Waals surface area contributed by atoms with Crippen molar-refractivity contribution in [2.45, 2.75) is 63.3 Å². The Balaban J connectivity index is 1.42. The molecule has 1 heterocycles. The van der Waals surface area contributed by atoms with Gasteiger partial charge in [-0.05, 0) is 79.5 Å².